The van der Waals surface area contributed by atoms with Crippen LogP contribution in [0.5, 0.6) is 0 Å². The minimum absolute atomic E-state index is 0.111. The lowest BCUT2D eigenvalue weighted by Gasteiger charge is -2.58. The Morgan fingerprint density at radius 1 is 1.30 bits per heavy atom. The summed E-state index contributed by atoms with van der Waals surface area (Å²) in [5.74, 6) is -0.111. The van der Waals surface area contributed by atoms with Crippen molar-refractivity contribution < 1.29 is 14.3 Å². The van der Waals surface area contributed by atoms with Gasteiger partial charge in [0.15, 0.2) is 0 Å². The average molecular weight is 283 g/mol. The molecule has 2 rings (SSSR count). The van der Waals surface area contributed by atoms with Gasteiger partial charge in [-0.1, -0.05) is 19.3 Å². The van der Waals surface area contributed by atoms with Crippen LogP contribution in [0.25, 0.3) is 0 Å². The van der Waals surface area contributed by atoms with Gasteiger partial charge in [-0.15, -0.1) is 0 Å². The maximum atomic E-state index is 11.1. The Kier molecular flexibility index (Phi) is 5.85. The molecular weight excluding hydrogens is 254 g/mol. The number of carbonyl (C=O) groups excluding carboxylic acids is 1. The number of esters is 1. The van der Waals surface area contributed by atoms with Gasteiger partial charge in [0.05, 0.1) is 13.2 Å². The molecule has 0 aromatic heterocycles. The van der Waals surface area contributed by atoms with E-state index in [2.05, 4.69) is 17.0 Å². The third kappa shape index (κ3) is 3.34. The number of hydrogen-bond donors (Lipinski definition) is 1. The Labute approximate surface area is 122 Å². The van der Waals surface area contributed by atoms with Crippen molar-refractivity contribution in [1.29, 1.82) is 0 Å². The highest BCUT2D eigenvalue weighted by Gasteiger charge is 2.55. The van der Waals surface area contributed by atoms with Crippen LogP contribution in [0.4, 0.5) is 0 Å². The number of carbonyl (C=O) groups is 1. The second kappa shape index (κ2) is 7.41. The first-order chi connectivity index (χ1) is 9.73. The van der Waals surface area contributed by atoms with E-state index in [1.807, 2.05) is 0 Å². The molecule has 0 bridgehead atoms. The van der Waals surface area contributed by atoms with Crippen molar-refractivity contribution in [2.45, 2.75) is 70.4 Å². The molecule has 1 spiro atoms. The molecule has 0 aliphatic heterocycles. The van der Waals surface area contributed by atoms with E-state index < -0.39 is 0 Å². The van der Waals surface area contributed by atoms with Crippen LogP contribution in [0.2, 0.25) is 0 Å². The summed E-state index contributed by atoms with van der Waals surface area (Å²) in [6.07, 6.45) is 9.59. The zero-order valence-corrected chi connectivity index (χ0v) is 13.0. The molecule has 2 aliphatic rings. The Morgan fingerprint density at radius 3 is 2.70 bits per heavy atom. The zero-order valence-electron chi connectivity index (χ0n) is 13.0. The fourth-order valence-corrected chi connectivity index (χ4v) is 3.96. The molecular formula is C16H29NO3. The summed E-state index contributed by atoms with van der Waals surface area (Å²) >= 11 is 0. The van der Waals surface area contributed by atoms with Crippen molar-refractivity contribution in [3.8, 4) is 0 Å². The Bertz CT molecular complexity index is 313. The highest BCUT2D eigenvalue weighted by molar-refractivity contribution is 5.69. The largest absolute Gasteiger partial charge is 0.469 e. The van der Waals surface area contributed by atoms with Crippen molar-refractivity contribution >= 4 is 5.97 Å². The molecule has 2 atom stereocenters. The molecule has 2 fully saturated rings. The Morgan fingerprint density at radius 2 is 2.05 bits per heavy atom. The molecule has 0 amide bonds. The first-order valence-electron chi connectivity index (χ1n) is 8.14. The van der Waals surface area contributed by atoms with Gasteiger partial charge in [0.1, 0.15) is 0 Å². The molecule has 2 unspecified atom stereocenters. The van der Waals surface area contributed by atoms with Crippen molar-refractivity contribution in [2.24, 2.45) is 5.41 Å². The molecule has 0 heterocycles. The van der Waals surface area contributed by atoms with Crippen LogP contribution in [0.3, 0.4) is 0 Å². The SMILES string of the molecule is CCOC1CC(NCCCC(=O)OC)C12CCCCC2. The minimum Gasteiger partial charge on any atom is -0.469 e. The standard InChI is InChI=1S/C16H29NO3/c1-3-20-14-12-13(16(14)9-5-4-6-10-16)17-11-7-8-15(18)19-2/h13-14,17H,3-12H2,1-2H3. The Balaban J connectivity index is 1.77. The maximum Gasteiger partial charge on any atom is 0.305 e. The predicted molar refractivity (Wildman–Crippen MR) is 78.6 cm³/mol. The summed E-state index contributed by atoms with van der Waals surface area (Å²) in [5, 5.41) is 3.66. The van der Waals surface area contributed by atoms with Gasteiger partial charge in [-0.3, -0.25) is 4.79 Å². The maximum absolute atomic E-state index is 11.1. The third-order valence-electron chi connectivity index (χ3n) is 5.11. The summed E-state index contributed by atoms with van der Waals surface area (Å²) in [5.41, 5.74) is 0.375. The molecule has 0 aromatic rings. The molecule has 20 heavy (non-hydrogen) atoms. The lowest BCUT2D eigenvalue weighted by Crippen LogP contribution is -2.64. The summed E-state index contributed by atoms with van der Waals surface area (Å²) in [4.78, 5) is 11.1. The topological polar surface area (TPSA) is 47.6 Å². The van der Waals surface area contributed by atoms with E-state index in [4.69, 9.17) is 4.74 Å². The predicted octanol–water partition coefficient (Wildman–Crippen LogP) is 2.66. The first-order valence-corrected chi connectivity index (χ1v) is 8.14. The lowest BCUT2D eigenvalue weighted by atomic mass is 9.55. The number of rotatable bonds is 7. The second-order valence-electron chi connectivity index (χ2n) is 6.16. The first kappa shape index (κ1) is 15.8. The van der Waals surface area contributed by atoms with Crippen molar-refractivity contribution in [1.82, 2.24) is 5.32 Å². The van der Waals surface area contributed by atoms with E-state index in [9.17, 15) is 4.79 Å². The van der Waals surface area contributed by atoms with Gasteiger partial charge in [0, 0.05) is 24.5 Å². The monoisotopic (exact) mass is 283 g/mol. The fourth-order valence-electron chi connectivity index (χ4n) is 3.96. The normalized spacial score (nSPS) is 28.1. The van der Waals surface area contributed by atoms with Crippen LogP contribution in [-0.4, -0.2) is 38.4 Å². The highest BCUT2D eigenvalue weighted by atomic mass is 16.5. The van der Waals surface area contributed by atoms with E-state index in [0.717, 1.165) is 26.0 Å². The van der Waals surface area contributed by atoms with Gasteiger partial charge < -0.3 is 14.8 Å². The molecule has 4 nitrogen and oxygen atoms in total. The number of nitrogens with one attached hydrogen (secondary N) is 1. The number of ether oxygens (including phenoxy) is 2. The van der Waals surface area contributed by atoms with Crippen LogP contribution in [0, 0.1) is 5.41 Å². The van der Waals surface area contributed by atoms with E-state index in [1.165, 1.54) is 39.2 Å². The summed E-state index contributed by atoms with van der Waals surface area (Å²) in [6.45, 7) is 3.81. The average Bonchev–Trinajstić information content (AvgIpc) is 2.49. The van der Waals surface area contributed by atoms with E-state index in [1.54, 1.807) is 0 Å². The molecule has 4 heteroatoms. The minimum atomic E-state index is -0.111. The summed E-state index contributed by atoms with van der Waals surface area (Å²) < 4.78 is 10.6. The summed E-state index contributed by atoms with van der Waals surface area (Å²) in [6, 6.07) is 0.581. The van der Waals surface area contributed by atoms with Gasteiger partial charge in [-0.2, -0.15) is 0 Å². The molecule has 0 radical (unpaired) electrons. The van der Waals surface area contributed by atoms with E-state index >= 15 is 0 Å². The number of methoxy groups -OCH3 is 1. The molecule has 116 valence electrons. The van der Waals surface area contributed by atoms with E-state index in [-0.39, 0.29) is 5.97 Å². The zero-order chi connectivity index (χ0) is 14.4. The van der Waals surface area contributed by atoms with Gasteiger partial charge in [0.2, 0.25) is 0 Å². The molecule has 2 saturated carbocycles. The highest BCUT2D eigenvalue weighted by Crippen LogP contribution is 2.53. The third-order valence-corrected chi connectivity index (χ3v) is 5.11. The van der Waals surface area contributed by atoms with Crippen LogP contribution >= 0.6 is 0 Å². The van der Waals surface area contributed by atoms with Crippen LogP contribution in [0.1, 0.15) is 58.3 Å². The molecule has 2 aliphatic carbocycles. The van der Waals surface area contributed by atoms with Gasteiger partial charge in [-0.05, 0) is 39.2 Å². The van der Waals surface area contributed by atoms with Crippen molar-refractivity contribution in [3.05, 3.63) is 0 Å². The van der Waals surface area contributed by atoms with Crippen LogP contribution in [0.15, 0.2) is 0 Å². The smallest absolute Gasteiger partial charge is 0.305 e. The lowest BCUT2D eigenvalue weighted by molar-refractivity contribution is -0.150. The van der Waals surface area contributed by atoms with E-state index in [0.29, 0.717) is 24.0 Å². The quantitative estimate of drug-likeness (QED) is 0.576. The molecule has 0 aromatic carbocycles. The molecule has 0 saturated heterocycles. The molecule has 1 N–H and O–H groups in total. The van der Waals surface area contributed by atoms with Crippen LogP contribution in [-0.2, 0) is 14.3 Å². The second-order valence-corrected chi connectivity index (χ2v) is 6.16. The van der Waals surface area contributed by atoms with Gasteiger partial charge >= 0.3 is 5.97 Å². The number of hydrogen-bond acceptors (Lipinski definition) is 4. The van der Waals surface area contributed by atoms with Gasteiger partial charge in [-0.25, -0.2) is 0 Å². The Hall–Kier alpha value is -0.610. The summed E-state index contributed by atoms with van der Waals surface area (Å²) in [7, 11) is 1.45. The van der Waals surface area contributed by atoms with Crippen molar-refractivity contribution in [2.75, 3.05) is 20.3 Å². The van der Waals surface area contributed by atoms with Gasteiger partial charge in [0.25, 0.3) is 0 Å². The fraction of sp³-hybridized carbons (Fsp3) is 0.938. The van der Waals surface area contributed by atoms with Crippen LogP contribution < -0.4 is 5.32 Å². The van der Waals surface area contributed by atoms with Crippen molar-refractivity contribution in [3.63, 3.8) is 0 Å².